The SMILES string of the molecule is CN1CCN(CN2C(=O)/C(=N/c3nc(-c4ccccc4)c(N=Nc4ccc(Oc5ccccc5)cc4)s3)c3ccccc32)CC1. The Bertz CT molecular complexity index is 1850. The number of benzene rings is 4. The summed E-state index contributed by atoms with van der Waals surface area (Å²) in [4.78, 5) is 29.9. The van der Waals surface area contributed by atoms with Crippen LogP contribution in [0.4, 0.5) is 21.5 Å². The predicted octanol–water partition coefficient (Wildman–Crippen LogP) is 7.69. The van der Waals surface area contributed by atoms with Crippen LogP contribution in [0.3, 0.4) is 0 Å². The molecule has 7 rings (SSSR count). The molecule has 2 aliphatic heterocycles. The van der Waals surface area contributed by atoms with E-state index in [0.717, 1.165) is 48.7 Å². The number of hydrogen-bond donors (Lipinski definition) is 0. The van der Waals surface area contributed by atoms with Crippen LogP contribution in [0.5, 0.6) is 11.5 Å². The number of likely N-dealkylation sites (N-methyl/N-ethyl adjacent to an activating group) is 1. The molecule has 0 saturated carbocycles. The molecule has 224 valence electrons. The standard InChI is InChI=1S/C35H31N7O2S/c1-40-20-22-41(23-21-40)24-42-30-15-9-8-14-29(30)32(34(42)43)37-35-36-31(25-10-4-2-5-11-25)33(45-35)39-38-26-16-18-28(19-17-26)44-27-12-6-3-7-13-27/h2-19H,20-24H2,1H3/b37-32+,39-38?. The fourth-order valence-corrected chi connectivity index (χ4v) is 6.09. The smallest absolute Gasteiger partial charge is 0.278 e. The minimum absolute atomic E-state index is 0.118. The van der Waals surface area contributed by atoms with Gasteiger partial charge in [0, 0.05) is 37.3 Å². The van der Waals surface area contributed by atoms with Crippen LogP contribution in [-0.2, 0) is 4.79 Å². The van der Waals surface area contributed by atoms with Crippen molar-refractivity contribution in [3.63, 3.8) is 0 Å². The molecule has 0 atom stereocenters. The maximum Gasteiger partial charge on any atom is 0.278 e. The van der Waals surface area contributed by atoms with Gasteiger partial charge in [-0.2, -0.15) is 0 Å². The fraction of sp³-hybridized carbons (Fsp3) is 0.171. The van der Waals surface area contributed by atoms with Gasteiger partial charge >= 0.3 is 0 Å². The molecule has 1 fully saturated rings. The number of rotatable bonds is 8. The first-order valence-electron chi connectivity index (χ1n) is 14.8. The van der Waals surface area contributed by atoms with E-state index in [1.165, 1.54) is 11.3 Å². The second kappa shape index (κ2) is 12.9. The highest BCUT2D eigenvalue weighted by Crippen LogP contribution is 2.41. The Balaban J connectivity index is 1.17. The number of carbonyl (C=O) groups excluding carboxylic acids is 1. The first-order chi connectivity index (χ1) is 22.1. The maximum atomic E-state index is 13.8. The van der Waals surface area contributed by atoms with E-state index in [-0.39, 0.29) is 5.91 Å². The largest absolute Gasteiger partial charge is 0.457 e. The van der Waals surface area contributed by atoms with Gasteiger partial charge in [-0.25, -0.2) is 9.98 Å². The lowest BCUT2D eigenvalue weighted by atomic mass is 10.1. The van der Waals surface area contributed by atoms with Gasteiger partial charge in [0.2, 0.25) is 5.13 Å². The van der Waals surface area contributed by atoms with Crippen LogP contribution < -0.4 is 9.64 Å². The number of hydrogen-bond acceptors (Lipinski definition) is 9. The molecule has 0 radical (unpaired) electrons. The van der Waals surface area contributed by atoms with Gasteiger partial charge in [-0.3, -0.25) is 14.6 Å². The Morgan fingerprint density at radius 2 is 1.44 bits per heavy atom. The molecule has 2 aliphatic rings. The number of para-hydroxylation sites is 2. The topological polar surface area (TPSA) is 86.0 Å². The Hall–Kier alpha value is -5.03. The third-order valence-corrected chi connectivity index (χ3v) is 8.59. The Morgan fingerprint density at radius 1 is 0.778 bits per heavy atom. The summed E-state index contributed by atoms with van der Waals surface area (Å²) in [6.07, 6.45) is 0. The minimum atomic E-state index is -0.118. The number of aromatic nitrogens is 1. The number of ether oxygens (including phenoxy) is 1. The Labute approximate surface area is 265 Å². The van der Waals surface area contributed by atoms with Gasteiger partial charge in [-0.15, -0.1) is 10.2 Å². The van der Waals surface area contributed by atoms with E-state index in [2.05, 4.69) is 27.1 Å². The molecule has 3 heterocycles. The molecule has 10 heteroatoms. The van der Waals surface area contributed by atoms with Gasteiger partial charge in [0.05, 0.1) is 18.0 Å². The molecule has 0 aliphatic carbocycles. The predicted molar refractivity (Wildman–Crippen MR) is 179 cm³/mol. The quantitative estimate of drug-likeness (QED) is 0.168. The molecule has 0 unspecified atom stereocenters. The summed E-state index contributed by atoms with van der Waals surface area (Å²) in [5.41, 5.74) is 4.32. The second-order valence-electron chi connectivity index (χ2n) is 10.9. The monoisotopic (exact) mass is 613 g/mol. The molecule has 0 spiro atoms. The number of aliphatic imine (C=N–C) groups is 1. The van der Waals surface area contributed by atoms with Crippen molar-refractivity contribution in [3.05, 3.63) is 115 Å². The molecule has 9 nitrogen and oxygen atoms in total. The molecule has 5 aromatic rings. The van der Waals surface area contributed by atoms with E-state index in [4.69, 9.17) is 14.7 Å². The zero-order valence-electron chi connectivity index (χ0n) is 24.8. The molecule has 4 aromatic carbocycles. The number of fused-ring (bicyclic) bond motifs is 1. The highest BCUT2D eigenvalue weighted by Gasteiger charge is 2.35. The van der Waals surface area contributed by atoms with E-state index in [1.807, 2.05) is 114 Å². The number of amides is 1. The average molecular weight is 614 g/mol. The Kier molecular flexibility index (Phi) is 8.24. The maximum absolute atomic E-state index is 13.8. The number of thiazole rings is 1. The van der Waals surface area contributed by atoms with E-state index in [0.29, 0.717) is 39.6 Å². The summed E-state index contributed by atoms with van der Waals surface area (Å²) in [5, 5.41) is 10.1. The summed E-state index contributed by atoms with van der Waals surface area (Å²) in [6.45, 7) is 4.33. The van der Waals surface area contributed by atoms with Crippen LogP contribution in [-0.4, -0.2) is 66.3 Å². The van der Waals surface area contributed by atoms with Gasteiger partial charge < -0.3 is 9.64 Å². The number of azo groups is 1. The van der Waals surface area contributed by atoms with Gasteiger partial charge in [-0.1, -0.05) is 78.1 Å². The Morgan fingerprint density at radius 3 is 2.20 bits per heavy atom. The van der Waals surface area contributed by atoms with E-state index in [1.54, 1.807) is 0 Å². The zero-order valence-corrected chi connectivity index (χ0v) is 25.6. The van der Waals surface area contributed by atoms with Crippen LogP contribution in [0, 0.1) is 0 Å². The van der Waals surface area contributed by atoms with Crippen molar-refractivity contribution in [1.82, 2.24) is 14.8 Å². The number of piperazine rings is 1. The third-order valence-electron chi connectivity index (χ3n) is 7.76. The lowest BCUT2D eigenvalue weighted by Gasteiger charge is -2.34. The first kappa shape index (κ1) is 28.7. The van der Waals surface area contributed by atoms with Crippen molar-refractivity contribution < 1.29 is 9.53 Å². The van der Waals surface area contributed by atoms with Gasteiger partial charge in [0.25, 0.3) is 5.91 Å². The van der Waals surface area contributed by atoms with Gasteiger partial charge in [0.15, 0.2) is 5.00 Å². The summed E-state index contributed by atoms with van der Waals surface area (Å²) < 4.78 is 5.90. The number of nitrogens with zero attached hydrogens (tertiary/aromatic N) is 7. The average Bonchev–Trinajstić information content (AvgIpc) is 3.61. The molecule has 45 heavy (non-hydrogen) atoms. The molecule has 0 N–H and O–H groups in total. The van der Waals surface area contributed by atoms with E-state index in [9.17, 15) is 4.79 Å². The highest BCUT2D eigenvalue weighted by molar-refractivity contribution is 7.19. The van der Waals surface area contributed by atoms with E-state index < -0.39 is 0 Å². The van der Waals surface area contributed by atoms with Crippen molar-refractivity contribution >= 4 is 44.5 Å². The summed E-state index contributed by atoms with van der Waals surface area (Å²) in [7, 11) is 2.13. The lowest BCUT2D eigenvalue weighted by molar-refractivity contribution is -0.112. The van der Waals surface area contributed by atoms with Gasteiger partial charge in [0.1, 0.15) is 22.9 Å². The lowest BCUT2D eigenvalue weighted by Crippen LogP contribution is -2.49. The van der Waals surface area contributed by atoms with Crippen molar-refractivity contribution in [3.8, 4) is 22.8 Å². The molecular weight excluding hydrogens is 582 g/mol. The second-order valence-corrected chi connectivity index (χ2v) is 11.9. The van der Waals surface area contributed by atoms with Crippen LogP contribution in [0.25, 0.3) is 11.3 Å². The number of anilines is 1. The fourth-order valence-electron chi connectivity index (χ4n) is 5.30. The van der Waals surface area contributed by atoms with Crippen LogP contribution in [0.15, 0.2) is 124 Å². The molecule has 0 bridgehead atoms. The molecular formula is C35H31N7O2S. The van der Waals surface area contributed by atoms with Crippen LogP contribution >= 0.6 is 11.3 Å². The molecule has 1 saturated heterocycles. The molecule has 1 aromatic heterocycles. The van der Waals surface area contributed by atoms with Crippen molar-refractivity contribution in [2.45, 2.75) is 0 Å². The van der Waals surface area contributed by atoms with Crippen LogP contribution in [0.1, 0.15) is 5.56 Å². The third kappa shape index (κ3) is 6.44. The number of carbonyl (C=O) groups is 1. The highest BCUT2D eigenvalue weighted by atomic mass is 32.1. The summed E-state index contributed by atoms with van der Waals surface area (Å²) in [6, 6.07) is 34.7. The van der Waals surface area contributed by atoms with E-state index >= 15 is 0 Å². The zero-order chi connectivity index (χ0) is 30.6. The van der Waals surface area contributed by atoms with Gasteiger partial charge in [-0.05, 0) is 49.5 Å². The first-order valence-corrected chi connectivity index (χ1v) is 15.6. The van der Waals surface area contributed by atoms with Crippen molar-refractivity contribution in [2.24, 2.45) is 15.2 Å². The molecule has 1 amide bonds. The summed E-state index contributed by atoms with van der Waals surface area (Å²) in [5.74, 6) is 1.36. The minimum Gasteiger partial charge on any atom is -0.457 e. The van der Waals surface area contributed by atoms with Crippen molar-refractivity contribution in [1.29, 1.82) is 0 Å². The normalized spacial score (nSPS) is 16.5. The van der Waals surface area contributed by atoms with Crippen LogP contribution in [0.2, 0.25) is 0 Å². The van der Waals surface area contributed by atoms with Crippen molar-refractivity contribution in [2.75, 3.05) is 44.8 Å². The summed E-state index contributed by atoms with van der Waals surface area (Å²) >= 11 is 1.31.